The SMILES string of the molecule is COc1ccc(C2(C)CCS2)cc1C(C)C. The molecule has 1 aromatic rings. The van der Waals surface area contributed by atoms with E-state index < -0.39 is 0 Å². The highest BCUT2D eigenvalue weighted by molar-refractivity contribution is 8.01. The summed E-state index contributed by atoms with van der Waals surface area (Å²) in [4.78, 5) is 0. The predicted molar refractivity (Wildman–Crippen MR) is 71.5 cm³/mol. The first kappa shape index (κ1) is 11.8. The van der Waals surface area contributed by atoms with Crippen molar-refractivity contribution in [2.45, 2.75) is 37.9 Å². The molecule has 0 spiro atoms. The summed E-state index contributed by atoms with van der Waals surface area (Å²) in [6.45, 7) is 6.78. The van der Waals surface area contributed by atoms with E-state index in [2.05, 4.69) is 50.7 Å². The molecule has 1 nitrogen and oxygen atoms in total. The zero-order valence-electron chi connectivity index (χ0n) is 10.5. The normalized spacial score (nSPS) is 24.3. The molecule has 1 atom stereocenters. The average Bonchev–Trinajstić information content (AvgIpc) is 2.25. The van der Waals surface area contributed by atoms with E-state index in [0.717, 1.165) is 5.75 Å². The smallest absolute Gasteiger partial charge is 0.122 e. The van der Waals surface area contributed by atoms with Crippen molar-refractivity contribution in [3.8, 4) is 5.75 Å². The average molecular weight is 236 g/mol. The van der Waals surface area contributed by atoms with Crippen LogP contribution in [0.5, 0.6) is 5.75 Å². The summed E-state index contributed by atoms with van der Waals surface area (Å²) in [5.74, 6) is 2.83. The molecule has 1 saturated heterocycles. The number of benzene rings is 1. The molecular weight excluding hydrogens is 216 g/mol. The second-order valence-corrected chi connectivity index (χ2v) is 6.54. The van der Waals surface area contributed by atoms with Crippen molar-refractivity contribution in [3.05, 3.63) is 29.3 Å². The van der Waals surface area contributed by atoms with Crippen LogP contribution in [0.25, 0.3) is 0 Å². The standard InChI is InChI=1S/C14H20OS/c1-10(2)12-9-11(5-6-13(12)15-4)14(3)7-8-16-14/h5-6,9-10H,7-8H2,1-4H3. The van der Waals surface area contributed by atoms with Crippen molar-refractivity contribution in [2.24, 2.45) is 0 Å². The third-order valence-electron chi connectivity index (χ3n) is 3.46. The Morgan fingerprint density at radius 1 is 1.38 bits per heavy atom. The van der Waals surface area contributed by atoms with Crippen LogP contribution in [0.2, 0.25) is 0 Å². The number of rotatable bonds is 3. The predicted octanol–water partition coefficient (Wildman–Crippen LogP) is 4.17. The largest absolute Gasteiger partial charge is 0.496 e. The molecule has 1 heterocycles. The Morgan fingerprint density at radius 2 is 2.06 bits per heavy atom. The number of hydrogen-bond acceptors (Lipinski definition) is 2. The Labute approximate surface area is 103 Å². The quantitative estimate of drug-likeness (QED) is 0.779. The molecule has 2 rings (SSSR count). The summed E-state index contributed by atoms with van der Waals surface area (Å²) in [5, 5.41) is 0. The molecule has 1 aromatic carbocycles. The molecule has 1 unspecified atom stereocenters. The molecule has 1 fully saturated rings. The van der Waals surface area contributed by atoms with E-state index in [9.17, 15) is 0 Å². The van der Waals surface area contributed by atoms with E-state index in [1.807, 2.05) is 0 Å². The number of hydrogen-bond donors (Lipinski definition) is 0. The van der Waals surface area contributed by atoms with Gasteiger partial charge in [-0.2, -0.15) is 11.8 Å². The van der Waals surface area contributed by atoms with Gasteiger partial charge in [0.2, 0.25) is 0 Å². The topological polar surface area (TPSA) is 9.23 Å². The second kappa shape index (κ2) is 4.33. The van der Waals surface area contributed by atoms with Crippen molar-refractivity contribution in [1.82, 2.24) is 0 Å². The molecule has 0 N–H and O–H groups in total. The lowest BCUT2D eigenvalue weighted by Gasteiger charge is -2.38. The Morgan fingerprint density at radius 3 is 2.50 bits per heavy atom. The Hall–Kier alpha value is -0.630. The van der Waals surface area contributed by atoms with Crippen LogP contribution in [0, 0.1) is 0 Å². The molecule has 0 radical (unpaired) electrons. The maximum absolute atomic E-state index is 5.42. The van der Waals surface area contributed by atoms with Gasteiger partial charge in [-0.05, 0) is 42.2 Å². The number of methoxy groups -OCH3 is 1. The van der Waals surface area contributed by atoms with E-state index >= 15 is 0 Å². The highest BCUT2D eigenvalue weighted by Crippen LogP contribution is 2.49. The van der Waals surface area contributed by atoms with Gasteiger partial charge >= 0.3 is 0 Å². The van der Waals surface area contributed by atoms with Crippen molar-refractivity contribution < 1.29 is 4.74 Å². The maximum Gasteiger partial charge on any atom is 0.122 e. The maximum atomic E-state index is 5.42. The minimum atomic E-state index is 0.343. The summed E-state index contributed by atoms with van der Waals surface area (Å²) >= 11 is 2.05. The van der Waals surface area contributed by atoms with Crippen molar-refractivity contribution in [3.63, 3.8) is 0 Å². The van der Waals surface area contributed by atoms with Gasteiger partial charge in [-0.15, -0.1) is 0 Å². The van der Waals surface area contributed by atoms with Crippen LogP contribution in [0.15, 0.2) is 18.2 Å². The molecule has 1 aliphatic heterocycles. The molecule has 88 valence electrons. The zero-order chi connectivity index (χ0) is 11.8. The van der Waals surface area contributed by atoms with Gasteiger partial charge in [-0.1, -0.05) is 26.0 Å². The molecule has 16 heavy (non-hydrogen) atoms. The van der Waals surface area contributed by atoms with E-state index in [4.69, 9.17) is 4.74 Å². The molecule has 2 heteroatoms. The van der Waals surface area contributed by atoms with Crippen LogP contribution >= 0.6 is 11.8 Å². The van der Waals surface area contributed by atoms with Crippen molar-refractivity contribution in [2.75, 3.05) is 12.9 Å². The molecular formula is C14H20OS. The summed E-state index contributed by atoms with van der Waals surface area (Å²) < 4.78 is 5.76. The fourth-order valence-corrected chi connectivity index (χ4v) is 3.26. The van der Waals surface area contributed by atoms with Crippen LogP contribution in [-0.4, -0.2) is 12.9 Å². The van der Waals surface area contributed by atoms with E-state index in [1.165, 1.54) is 23.3 Å². The third-order valence-corrected chi connectivity index (χ3v) is 4.95. The second-order valence-electron chi connectivity index (χ2n) is 4.94. The lowest BCUT2D eigenvalue weighted by molar-refractivity contribution is 0.407. The Bertz CT molecular complexity index is 380. The fraction of sp³-hybridized carbons (Fsp3) is 0.571. The van der Waals surface area contributed by atoms with Gasteiger partial charge in [0.15, 0.2) is 0 Å². The van der Waals surface area contributed by atoms with Crippen LogP contribution in [-0.2, 0) is 4.75 Å². The fourth-order valence-electron chi connectivity index (χ4n) is 2.15. The number of thioether (sulfide) groups is 1. The number of ether oxygens (including phenoxy) is 1. The summed E-state index contributed by atoms with van der Waals surface area (Å²) in [7, 11) is 1.75. The van der Waals surface area contributed by atoms with Crippen LogP contribution < -0.4 is 4.74 Å². The third kappa shape index (κ3) is 1.95. The van der Waals surface area contributed by atoms with Gasteiger partial charge in [0.05, 0.1) is 7.11 Å². The molecule has 0 amide bonds. The van der Waals surface area contributed by atoms with E-state index in [1.54, 1.807) is 7.11 Å². The summed E-state index contributed by atoms with van der Waals surface area (Å²) in [6, 6.07) is 6.67. The minimum Gasteiger partial charge on any atom is -0.496 e. The van der Waals surface area contributed by atoms with Crippen LogP contribution in [0.3, 0.4) is 0 Å². The van der Waals surface area contributed by atoms with Crippen LogP contribution in [0.4, 0.5) is 0 Å². The van der Waals surface area contributed by atoms with Gasteiger partial charge in [-0.3, -0.25) is 0 Å². The Kier molecular flexibility index (Phi) is 3.20. The van der Waals surface area contributed by atoms with Gasteiger partial charge in [0.1, 0.15) is 5.75 Å². The highest BCUT2D eigenvalue weighted by Gasteiger charge is 2.34. The minimum absolute atomic E-state index is 0.343. The summed E-state index contributed by atoms with van der Waals surface area (Å²) in [6.07, 6.45) is 1.29. The van der Waals surface area contributed by atoms with Crippen LogP contribution in [0.1, 0.15) is 44.2 Å². The molecule has 0 saturated carbocycles. The lowest BCUT2D eigenvalue weighted by Crippen LogP contribution is -2.27. The van der Waals surface area contributed by atoms with Gasteiger partial charge in [0.25, 0.3) is 0 Å². The molecule has 1 aliphatic rings. The monoisotopic (exact) mass is 236 g/mol. The van der Waals surface area contributed by atoms with Crippen molar-refractivity contribution in [1.29, 1.82) is 0 Å². The van der Waals surface area contributed by atoms with Gasteiger partial charge in [0, 0.05) is 4.75 Å². The Balaban J connectivity index is 2.38. The summed E-state index contributed by atoms with van der Waals surface area (Å²) in [5.41, 5.74) is 2.78. The molecule has 0 aliphatic carbocycles. The first-order chi connectivity index (χ1) is 7.57. The van der Waals surface area contributed by atoms with E-state index in [-0.39, 0.29) is 0 Å². The van der Waals surface area contributed by atoms with Gasteiger partial charge < -0.3 is 4.74 Å². The molecule has 0 aromatic heterocycles. The first-order valence-electron chi connectivity index (χ1n) is 5.89. The zero-order valence-corrected chi connectivity index (χ0v) is 11.4. The first-order valence-corrected chi connectivity index (χ1v) is 6.88. The highest BCUT2D eigenvalue weighted by atomic mass is 32.2. The lowest BCUT2D eigenvalue weighted by atomic mass is 9.91. The van der Waals surface area contributed by atoms with E-state index in [0.29, 0.717) is 10.7 Å². The molecule has 0 bridgehead atoms. The van der Waals surface area contributed by atoms with Crippen molar-refractivity contribution >= 4 is 11.8 Å². The van der Waals surface area contributed by atoms with Gasteiger partial charge in [-0.25, -0.2) is 0 Å².